The second-order valence-corrected chi connectivity index (χ2v) is 5.33. The predicted octanol–water partition coefficient (Wildman–Crippen LogP) is 3.61. The number of hydrogen-bond donors (Lipinski definition) is 0. The molecule has 2 unspecified atom stereocenters. The van der Waals surface area contributed by atoms with E-state index in [4.69, 9.17) is 0 Å². The summed E-state index contributed by atoms with van der Waals surface area (Å²) in [4.78, 5) is 0. The van der Waals surface area contributed by atoms with Crippen LogP contribution in [0.1, 0.15) is 45.4 Å². The lowest BCUT2D eigenvalue weighted by molar-refractivity contribution is 0.0939. The van der Waals surface area contributed by atoms with Crippen LogP contribution in [0.3, 0.4) is 0 Å². The van der Waals surface area contributed by atoms with E-state index in [1.807, 2.05) is 0 Å². The van der Waals surface area contributed by atoms with Gasteiger partial charge in [0.2, 0.25) is 0 Å². The molecule has 1 spiro atoms. The van der Waals surface area contributed by atoms with E-state index >= 15 is 0 Å². The average molecular weight is 162 g/mol. The Labute approximate surface area is 76.2 Å². The first-order valence-corrected chi connectivity index (χ1v) is 5.88. The fourth-order valence-electron chi connectivity index (χ4n) is 4.75. The lowest BCUT2D eigenvalue weighted by Crippen LogP contribution is -2.59. The van der Waals surface area contributed by atoms with Gasteiger partial charge in [-0.15, -0.1) is 0 Å². The lowest BCUT2D eigenvalue weighted by Gasteiger charge is -2.66. The molecule has 0 aromatic heterocycles. The first-order valence-electron chi connectivity index (χ1n) is 5.88. The van der Waals surface area contributed by atoms with Gasteiger partial charge in [0.25, 0.3) is 0 Å². The van der Waals surface area contributed by atoms with Crippen molar-refractivity contribution >= 4 is 6.71 Å². The molecule has 3 atom stereocenters. The Kier molecular flexibility index (Phi) is 1.43. The van der Waals surface area contributed by atoms with Crippen molar-refractivity contribution in [3.8, 4) is 0 Å². The second kappa shape index (κ2) is 2.30. The molecule has 12 heavy (non-hydrogen) atoms. The topological polar surface area (TPSA) is 0 Å². The normalized spacial score (nSPS) is 49.2. The summed E-state index contributed by atoms with van der Waals surface area (Å²) in [6.45, 7) is 3.53. The van der Waals surface area contributed by atoms with E-state index in [9.17, 15) is 0 Å². The van der Waals surface area contributed by atoms with E-state index in [1.165, 1.54) is 31.1 Å². The minimum absolute atomic E-state index is 0.944. The van der Waals surface area contributed by atoms with Gasteiger partial charge < -0.3 is 0 Å². The monoisotopic (exact) mass is 162 g/mol. The molecule has 0 amide bonds. The minimum Gasteiger partial charge on any atom is -0.0739 e. The molecule has 0 nitrogen and oxygen atoms in total. The van der Waals surface area contributed by atoms with Crippen LogP contribution in [0.5, 0.6) is 0 Å². The Morgan fingerprint density at radius 1 is 1.25 bits per heavy atom. The Balaban J connectivity index is 1.76. The fraction of sp³-hybridized carbons (Fsp3) is 1.00. The third-order valence-corrected chi connectivity index (χ3v) is 5.21. The van der Waals surface area contributed by atoms with E-state index in [0.717, 1.165) is 5.41 Å². The highest BCUT2D eigenvalue weighted by Crippen LogP contribution is 2.78. The average Bonchev–Trinajstić information content (AvgIpc) is 2.45. The maximum absolute atomic E-state index is 2.35. The molecule has 1 heterocycles. The summed E-state index contributed by atoms with van der Waals surface area (Å²) < 4.78 is 0. The third-order valence-electron chi connectivity index (χ3n) is 5.21. The molecule has 1 saturated heterocycles. The van der Waals surface area contributed by atoms with Crippen molar-refractivity contribution in [1.82, 2.24) is 0 Å². The molecule has 3 rings (SSSR count). The van der Waals surface area contributed by atoms with E-state index in [2.05, 4.69) is 6.92 Å². The summed E-state index contributed by atoms with van der Waals surface area (Å²) in [5, 5.41) is 0. The van der Waals surface area contributed by atoms with Gasteiger partial charge in [0, 0.05) is 0 Å². The first kappa shape index (κ1) is 7.47. The van der Waals surface area contributed by atoms with Crippen molar-refractivity contribution in [2.75, 3.05) is 0 Å². The molecule has 0 radical (unpaired) electrons. The van der Waals surface area contributed by atoms with Crippen LogP contribution in [-0.2, 0) is 0 Å². The maximum Gasteiger partial charge on any atom is 0.147 e. The van der Waals surface area contributed by atoms with Crippen LogP contribution in [-0.4, -0.2) is 6.71 Å². The molecule has 2 aliphatic carbocycles. The standard InChI is InChI=1S/C11H19B/c1-2-8-12-9-4-3-6-11(9)7-5-10(11)12/h9-10H,2-8H2,1H3/t9?,10?,11-/m1/s1. The summed E-state index contributed by atoms with van der Waals surface area (Å²) >= 11 is 0. The lowest BCUT2D eigenvalue weighted by atomic mass is 9.09. The largest absolute Gasteiger partial charge is 0.147 e. The van der Waals surface area contributed by atoms with Gasteiger partial charge in [0.15, 0.2) is 0 Å². The minimum atomic E-state index is 0.944. The first-order chi connectivity index (χ1) is 5.88. The second-order valence-electron chi connectivity index (χ2n) is 5.33. The molecule has 3 aliphatic rings. The molecular weight excluding hydrogens is 143 g/mol. The van der Waals surface area contributed by atoms with Crippen molar-refractivity contribution < 1.29 is 0 Å². The number of hydrogen-bond acceptors (Lipinski definition) is 0. The molecule has 3 fully saturated rings. The maximum atomic E-state index is 2.35. The van der Waals surface area contributed by atoms with Crippen LogP contribution in [0, 0.1) is 5.41 Å². The molecule has 1 heteroatoms. The van der Waals surface area contributed by atoms with E-state index in [-0.39, 0.29) is 0 Å². The molecular formula is C11H19B. The van der Waals surface area contributed by atoms with Crippen molar-refractivity contribution in [2.45, 2.75) is 63.4 Å². The molecule has 0 N–H and O–H groups in total. The van der Waals surface area contributed by atoms with Gasteiger partial charge in [-0.05, 0) is 18.3 Å². The number of rotatable bonds is 2. The van der Waals surface area contributed by atoms with Crippen LogP contribution in [0.2, 0.25) is 18.0 Å². The summed E-state index contributed by atoms with van der Waals surface area (Å²) in [6.07, 6.45) is 10.9. The molecule has 0 aromatic rings. The van der Waals surface area contributed by atoms with Gasteiger partial charge >= 0.3 is 0 Å². The zero-order valence-corrected chi connectivity index (χ0v) is 8.18. The van der Waals surface area contributed by atoms with Gasteiger partial charge in [-0.25, -0.2) is 0 Å². The van der Waals surface area contributed by atoms with Gasteiger partial charge in [0.1, 0.15) is 6.71 Å². The van der Waals surface area contributed by atoms with E-state index in [1.54, 1.807) is 32.1 Å². The highest BCUT2D eigenvalue weighted by atomic mass is 14.6. The highest BCUT2D eigenvalue weighted by Gasteiger charge is 2.68. The van der Waals surface area contributed by atoms with Crippen molar-refractivity contribution in [3.05, 3.63) is 0 Å². The van der Waals surface area contributed by atoms with Crippen LogP contribution in [0.25, 0.3) is 0 Å². The summed E-state index contributed by atoms with van der Waals surface area (Å²) in [5.41, 5.74) is 0.944. The van der Waals surface area contributed by atoms with Crippen LogP contribution < -0.4 is 0 Å². The summed E-state index contributed by atoms with van der Waals surface area (Å²) in [5.74, 6) is 2.39. The van der Waals surface area contributed by atoms with Crippen molar-refractivity contribution in [3.63, 3.8) is 0 Å². The molecule has 0 aromatic carbocycles. The smallest absolute Gasteiger partial charge is 0.0739 e. The zero-order valence-electron chi connectivity index (χ0n) is 8.18. The third kappa shape index (κ3) is 0.636. The van der Waals surface area contributed by atoms with Gasteiger partial charge in [-0.1, -0.05) is 50.6 Å². The SMILES string of the molecule is CCCB1C2CCC[C@@]23CCC13. The van der Waals surface area contributed by atoms with E-state index < -0.39 is 0 Å². The Morgan fingerprint density at radius 3 is 2.75 bits per heavy atom. The zero-order chi connectivity index (χ0) is 8.18. The summed E-state index contributed by atoms with van der Waals surface area (Å²) in [7, 11) is 0. The predicted molar refractivity (Wildman–Crippen MR) is 53.9 cm³/mol. The van der Waals surface area contributed by atoms with Crippen molar-refractivity contribution in [2.24, 2.45) is 5.41 Å². The van der Waals surface area contributed by atoms with Crippen LogP contribution in [0.4, 0.5) is 0 Å². The quantitative estimate of drug-likeness (QED) is 0.544. The van der Waals surface area contributed by atoms with Gasteiger partial charge in [-0.2, -0.15) is 0 Å². The Morgan fingerprint density at radius 2 is 2.08 bits per heavy atom. The summed E-state index contributed by atoms with van der Waals surface area (Å²) in [6, 6.07) is 0. The van der Waals surface area contributed by atoms with E-state index in [0.29, 0.717) is 0 Å². The Hall–Kier alpha value is 0.0649. The molecule has 2 saturated carbocycles. The Bertz CT molecular complexity index is 201. The van der Waals surface area contributed by atoms with Gasteiger partial charge in [0.05, 0.1) is 0 Å². The highest BCUT2D eigenvalue weighted by molar-refractivity contribution is 6.66. The van der Waals surface area contributed by atoms with Crippen molar-refractivity contribution in [1.29, 1.82) is 0 Å². The molecule has 0 bridgehead atoms. The molecule has 66 valence electrons. The molecule has 1 aliphatic heterocycles. The van der Waals surface area contributed by atoms with Gasteiger partial charge in [-0.3, -0.25) is 0 Å². The fourth-order valence-corrected chi connectivity index (χ4v) is 4.75. The van der Waals surface area contributed by atoms with Crippen LogP contribution >= 0.6 is 0 Å². The van der Waals surface area contributed by atoms with Crippen LogP contribution in [0.15, 0.2) is 0 Å².